The molecule has 1 unspecified atom stereocenters. The summed E-state index contributed by atoms with van der Waals surface area (Å²) in [6, 6.07) is 3.49. The maximum absolute atomic E-state index is 10.7. The molecular formula is C6H7AsN2O4. The van der Waals surface area contributed by atoms with Crippen molar-refractivity contribution in [3.05, 3.63) is 28.3 Å². The number of benzene rings is 1. The van der Waals surface area contributed by atoms with Crippen LogP contribution in [0.2, 0.25) is 0 Å². The minimum absolute atomic E-state index is 0.00537. The maximum atomic E-state index is 10.7. The molecule has 0 aliphatic heterocycles. The molecule has 0 aliphatic rings. The van der Waals surface area contributed by atoms with E-state index in [9.17, 15) is 13.9 Å². The van der Waals surface area contributed by atoms with Gasteiger partial charge in [-0.25, -0.2) is 0 Å². The standard InChI is InChI=1S/C6H7AsN2O4/c8-6-2-1-4(9(12)13)3-5(6)7(10)11/h1-3,7H,8H2,(H,10,11). The molecule has 1 rings (SSSR count). The normalized spacial score (nSPS) is 12.4. The Kier molecular flexibility index (Phi) is 2.75. The van der Waals surface area contributed by atoms with Crippen molar-refractivity contribution in [3.8, 4) is 0 Å². The Bertz CT molecular complexity index is 379. The fourth-order valence-electron chi connectivity index (χ4n) is 0.843. The first-order chi connectivity index (χ1) is 6.02. The summed E-state index contributed by atoms with van der Waals surface area (Å²) in [5, 5.41) is 10.3. The van der Waals surface area contributed by atoms with E-state index in [4.69, 9.17) is 9.83 Å². The zero-order valence-electron chi connectivity index (χ0n) is 6.43. The molecule has 70 valence electrons. The second-order valence-electron chi connectivity index (χ2n) is 2.33. The van der Waals surface area contributed by atoms with Crippen LogP contribution in [-0.4, -0.2) is 24.0 Å². The Balaban J connectivity index is 3.27. The number of nitro groups is 1. The first kappa shape index (κ1) is 9.82. The number of anilines is 1. The van der Waals surface area contributed by atoms with Gasteiger partial charge in [-0.3, -0.25) is 0 Å². The van der Waals surface area contributed by atoms with Crippen molar-refractivity contribution in [2.45, 2.75) is 0 Å². The average molecular weight is 246 g/mol. The molecule has 0 saturated heterocycles. The van der Waals surface area contributed by atoms with Crippen LogP contribution in [0.3, 0.4) is 0 Å². The van der Waals surface area contributed by atoms with E-state index in [2.05, 4.69) is 0 Å². The molecule has 3 N–H and O–H groups in total. The molecule has 0 bridgehead atoms. The zero-order chi connectivity index (χ0) is 10.0. The number of rotatable bonds is 2. The van der Waals surface area contributed by atoms with E-state index < -0.39 is 19.9 Å². The number of hydrogen-bond donors (Lipinski definition) is 2. The second-order valence-corrected chi connectivity index (χ2v) is 4.74. The third-order valence-electron chi connectivity index (χ3n) is 1.48. The first-order valence-corrected chi connectivity index (χ1v) is 6.14. The molecular weight excluding hydrogens is 239 g/mol. The topological polar surface area (TPSA) is 106 Å². The van der Waals surface area contributed by atoms with Crippen molar-refractivity contribution >= 4 is 30.7 Å². The number of nitro benzene ring substituents is 1. The van der Waals surface area contributed by atoms with Crippen LogP contribution < -0.4 is 10.1 Å². The molecule has 0 radical (unpaired) electrons. The molecule has 0 aliphatic carbocycles. The van der Waals surface area contributed by atoms with E-state index >= 15 is 0 Å². The van der Waals surface area contributed by atoms with Gasteiger partial charge in [0.25, 0.3) is 0 Å². The quantitative estimate of drug-likeness (QED) is 0.302. The first-order valence-electron chi connectivity index (χ1n) is 3.29. The van der Waals surface area contributed by atoms with Crippen LogP contribution in [0.15, 0.2) is 18.2 Å². The summed E-state index contributed by atoms with van der Waals surface area (Å²) in [5.41, 5.74) is 5.25. The Morgan fingerprint density at radius 2 is 2.15 bits per heavy atom. The van der Waals surface area contributed by atoms with E-state index in [1.165, 1.54) is 12.1 Å². The predicted octanol–water partition coefficient (Wildman–Crippen LogP) is -0.973. The SMILES string of the molecule is Nc1ccc([N+](=O)[O-])cc1[AsH](=O)O. The van der Waals surface area contributed by atoms with Gasteiger partial charge in [0.1, 0.15) is 0 Å². The summed E-state index contributed by atoms with van der Waals surface area (Å²) >= 11 is -3.57. The molecule has 6 nitrogen and oxygen atoms in total. The number of hydrogen-bond acceptors (Lipinski definition) is 4. The van der Waals surface area contributed by atoms with E-state index in [0.717, 1.165) is 6.07 Å². The summed E-state index contributed by atoms with van der Waals surface area (Å²) in [7, 11) is 0. The molecule has 1 aromatic carbocycles. The molecule has 7 heteroatoms. The number of nitrogen functional groups attached to an aromatic ring is 1. The van der Waals surface area contributed by atoms with Crippen LogP contribution in [0.4, 0.5) is 11.4 Å². The summed E-state index contributed by atoms with van der Waals surface area (Å²) in [5.74, 6) is 0. The van der Waals surface area contributed by atoms with Gasteiger partial charge in [-0.2, -0.15) is 0 Å². The number of nitrogens with zero attached hydrogens (tertiary/aromatic N) is 1. The van der Waals surface area contributed by atoms with Crippen LogP contribution in [0.5, 0.6) is 0 Å². The fourth-order valence-corrected chi connectivity index (χ4v) is 2.11. The zero-order valence-corrected chi connectivity index (χ0v) is 8.53. The summed E-state index contributed by atoms with van der Waals surface area (Å²) < 4.78 is 19.6. The van der Waals surface area contributed by atoms with Crippen LogP contribution >= 0.6 is 0 Å². The molecule has 0 saturated carbocycles. The van der Waals surface area contributed by atoms with Gasteiger partial charge >= 0.3 is 77.5 Å². The Morgan fingerprint density at radius 3 is 2.62 bits per heavy atom. The van der Waals surface area contributed by atoms with Crippen LogP contribution in [0.25, 0.3) is 0 Å². The third kappa shape index (κ3) is 2.10. The second kappa shape index (κ2) is 3.63. The van der Waals surface area contributed by atoms with Crippen LogP contribution in [-0.2, 0) is 3.74 Å². The summed E-state index contributed by atoms with van der Waals surface area (Å²) in [6.07, 6.45) is 0. The van der Waals surface area contributed by atoms with Crippen LogP contribution in [0, 0.1) is 10.1 Å². The molecule has 1 aromatic rings. The van der Waals surface area contributed by atoms with Gasteiger partial charge in [-0.05, 0) is 0 Å². The van der Waals surface area contributed by atoms with Gasteiger partial charge in [-0.15, -0.1) is 0 Å². The molecule has 0 fully saturated rings. The van der Waals surface area contributed by atoms with Gasteiger partial charge in [0.2, 0.25) is 0 Å². The van der Waals surface area contributed by atoms with Gasteiger partial charge in [0.05, 0.1) is 0 Å². The predicted molar refractivity (Wildman–Crippen MR) is 47.2 cm³/mol. The molecule has 0 aromatic heterocycles. The molecule has 1 atom stereocenters. The average Bonchev–Trinajstić information content (AvgIpc) is 2.04. The Hall–Kier alpha value is -1.26. The van der Waals surface area contributed by atoms with Gasteiger partial charge in [0.15, 0.2) is 0 Å². The van der Waals surface area contributed by atoms with Crippen molar-refractivity contribution < 1.29 is 12.8 Å². The van der Waals surface area contributed by atoms with Crippen LogP contribution in [0.1, 0.15) is 0 Å². The molecule has 0 spiro atoms. The van der Waals surface area contributed by atoms with Crippen molar-refractivity contribution in [2.24, 2.45) is 0 Å². The van der Waals surface area contributed by atoms with Crippen molar-refractivity contribution in [1.82, 2.24) is 0 Å². The van der Waals surface area contributed by atoms with Crippen molar-refractivity contribution in [3.63, 3.8) is 0 Å². The van der Waals surface area contributed by atoms with Crippen molar-refractivity contribution in [2.75, 3.05) is 5.73 Å². The minimum atomic E-state index is -3.57. The molecule has 0 heterocycles. The Morgan fingerprint density at radius 1 is 1.54 bits per heavy atom. The van der Waals surface area contributed by atoms with Crippen molar-refractivity contribution in [1.29, 1.82) is 0 Å². The molecule has 0 amide bonds. The monoisotopic (exact) mass is 246 g/mol. The number of nitrogens with two attached hydrogens (primary N) is 1. The van der Waals surface area contributed by atoms with E-state index in [1.54, 1.807) is 0 Å². The summed E-state index contributed by atoms with van der Waals surface area (Å²) in [4.78, 5) is 9.65. The third-order valence-corrected chi connectivity index (χ3v) is 3.35. The van der Waals surface area contributed by atoms with E-state index in [1.807, 2.05) is 0 Å². The Labute approximate surface area is 78.0 Å². The summed E-state index contributed by atoms with van der Waals surface area (Å²) in [6.45, 7) is 0. The van der Waals surface area contributed by atoms with E-state index in [-0.39, 0.29) is 15.7 Å². The fraction of sp³-hybridized carbons (Fsp3) is 0. The number of non-ortho nitro benzene ring substituents is 1. The van der Waals surface area contributed by atoms with Gasteiger partial charge in [-0.1, -0.05) is 0 Å². The van der Waals surface area contributed by atoms with Gasteiger partial charge < -0.3 is 0 Å². The molecule has 13 heavy (non-hydrogen) atoms. The van der Waals surface area contributed by atoms with E-state index in [0.29, 0.717) is 0 Å². The van der Waals surface area contributed by atoms with Gasteiger partial charge in [0, 0.05) is 0 Å².